The van der Waals surface area contributed by atoms with Gasteiger partial charge < -0.3 is 5.11 Å². The van der Waals surface area contributed by atoms with Crippen molar-refractivity contribution in [2.24, 2.45) is 7.05 Å². The fourth-order valence-electron chi connectivity index (χ4n) is 1.49. The highest BCUT2D eigenvalue weighted by molar-refractivity contribution is 5.32. The second kappa shape index (κ2) is 4.13. The van der Waals surface area contributed by atoms with Crippen LogP contribution in [0.5, 0.6) is 5.75 Å². The third kappa shape index (κ3) is 2.34. The molecule has 0 atom stereocenters. The number of phenolic OH excluding ortho intramolecular Hbond substituents is 1. The smallest absolute Gasteiger partial charge is 0.118 e. The van der Waals surface area contributed by atoms with Gasteiger partial charge in [0.05, 0.1) is 5.69 Å². The number of para-hydroxylation sites is 1. The molecule has 0 spiro atoms. The standard InChI is InChI=1S/C11H13N3O/c1-14-8-10(12-13-14)7-6-9-4-2-3-5-11(9)15/h2-5,8,15H,6-7H2,1H3. The number of hydrogen-bond donors (Lipinski definition) is 1. The molecule has 1 heterocycles. The molecular weight excluding hydrogens is 190 g/mol. The summed E-state index contributed by atoms with van der Waals surface area (Å²) in [7, 11) is 1.84. The molecule has 1 aromatic heterocycles. The molecule has 4 nitrogen and oxygen atoms in total. The van der Waals surface area contributed by atoms with Gasteiger partial charge in [0.2, 0.25) is 0 Å². The van der Waals surface area contributed by atoms with E-state index in [0.29, 0.717) is 5.75 Å². The Morgan fingerprint density at radius 1 is 1.27 bits per heavy atom. The largest absolute Gasteiger partial charge is 0.508 e. The Labute approximate surface area is 88.2 Å². The highest BCUT2D eigenvalue weighted by Gasteiger charge is 2.02. The summed E-state index contributed by atoms with van der Waals surface area (Å²) in [6, 6.07) is 7.37. The molecule has 1 N–H and O–H groups in total. The van der Waals surface area contributed by atoms with Crippen molar-refractivity contribution >= 4 is 0 Å². The number of aryl methyl sites for hydroxylation is 3. The molecule has 0 saturated heterocycles. The molecule has 0 aliphatic heterocycles. The van der Waals surface area contributed by atoms with E-state index < -0.39 is 0 Å². The SMILES string of the molecule is Cn1cc(CCc2ccccc2O)nn1. The quantitative estimate of drug-likeness (QED) is 0.818. The molecule has 0 amide bonds. The molecule has 0 unspecified atom stereocenters. The Hall–Kier alpha value is -1.84. The van der Waals surface area contributed by atoms with E-state index in [9.17, 15) is 5.11 Å². The van der Waals surface area contributed by atoms with Crippen LogP contribution < -0.4 is 0 Å². The first kappa shape index (κ1) is 9.71. The zero-order valence-electron chi connectivity index (χ0n) is 8.59. The average Bonchev–Trinajstić information content (AvgIpc) is 2.63. The maximum atomic E-state index is 9.55. The lowest BCUT2D eigenvalue weighted by atomic mass is 10.1. The molecule has 0 saturated carbocycles. The average molecular weight is 203 g/mol. The van der Waals surface area contributed by atoms with Gasteiger partial charge in [-0.05, 0) is 24.5 Å². The van der Waals surface area contributed by atoms with Gasteiger partial charge in [-0.2, -0.15) is 0 Å². The minimum Gasteiger partial charge on any atom is -0.508 e. The lowest BCUT2D eigenvalue weighted by Gasteiger charge is -2.01. The molecule has 2 rings (SSSR count). The number of benzene rings is 1. The summed E-state index contributed by atoms with van der Waals surface area (Å²) in [5.74, 6) is 0.349. The number of nitrogens with zero attached hydrogens (tertiary/aromatic N) is 3. The van der Waals surface area contributed by atoms with Crippen molar-refractivity contribution in [3.05, 3.63) is 41.7 Å². The van der Waals surface area contributed by atoms with E-state index in [4.69, 9.17) is 0 Å². The van der Waals surface area contributed by atoms with Gasteiger partial charge in [-0.25, -0.2) is 0 Å². The van der Waals surface area contributed by atoms with Crippen LogP contribution in [0.25, 0.3) is 0 Å². The minimum absolute atomic E-state index is 0.349. The van der Waals surface area contributed by atoms with Crippen LogP contribution in [0.15, 0.2) is 30.5 Å². The number of hydrogen-bond acceptors (Lipinski definition) is 3. The molecule has 1 aromatic carbocycles. The molecule has 0 bridgehead atoms. The van der Waals surface area contributed by atoms with Crippen LogP contribution in [-0.4, -0.2) is 20.1 Å². The van der Waals surface area contributed by atoms with Crippen molar-refractivity contribution in [1.29, 1.82) is 0 Å². The fourth-order valence-corrected chi connectivity index (χ4v) is 1.49. The summed E-state index contributed by atoms with van der Waals surface area (Å²) in [5.41, 5.74) is 1.89. The van der Waals surface area contributed by atoms with Crippen molar-refractivity contribution in [3.8, 4) is 5.75 Å². The van der Waals surface area contributed by atoms with Crippen LogP contribution in [0.3, 0.4) is 0 Å². The molecule has 15 heavy (non-hydrogen) atoms. The zero-order valence-corrected chi connectivity index (χ0v) is 8.59. The molecule has 0 aliphatic carbocycles. The molecular formula is C11H13N3O. The molecule has 0 aliphatic rings. The minimum atomic E-state index is 0.349. The lowest BCUT2D eigenvalue weighted by Crippen LogP contribution is -1.92. The summed E-state index contributed by atoms with van der Waals surface area (Å²) in [4.78, 5) is 0. The lowest BCUT2D eigenvalue weighted by molar-refractivity contribution is 0.468. The van der Waals surface area contributed by atoms with Gasteiger partial charge in [0.25, 0.3) is 0 Å². The van der Waals surface area contributed by atoms with Gasteiger partial charge in [0.15, 0.2) is 0 Å². The highest BCUT2D eigenvalue weighted by atomic mass is 16.3. The Bertz CT molecular complexity index is 451. The van der Waals surface area contributed by atoms with Crippen LogP contribution >= 0.6 is 0 Å². The molecule has 2 aromatic rings. The van der Waals surface area contributed by atoms with E-state index in [-0.39, 0.29) is 0 Å². The van der Waals surface area contributed by atoms with E-state index in [1.807, 2.05) is 31.4 Å². The van der Waals surface area contributed by atoms with E-state index >= 15 is 0 Å². The van der Waals surface area contributed by atoms with Crippen LogP contribution in [0.2, 0.25) is 0 Å². The van der Waals surface area contributed by atoms with Gasteiger partial charge in [-0.15, -0.1) is 5.10 Å². The highest BCUT2D eigenvalue weighted by Crippen LogP contribution is 2.17. The summed E-state index contributed by atoms with van der Waals surface area (Å²) >= 11 is 0. The topological polar surface area (TPSA) is 50.9 Å². The van der Waals surface area contributed by atoms with Gasteiger partial charge in [-0.3, -0.25) is 4.68 Å². The van der Waals surface area contributed by atoms with Crippen LogP contribution in [-0.2, 0) is 19.9 Å². The summed E-state index contributed by atoms with van der Waals surface area (Å²) < 4.78 is 1.68. The molecule has 0 radical (unpaired) electrons. The number of phenols is 1. The zero-order chi connectivity index (χ0) is 10.7. The fraction of sp³-hybridized carbons (Fsp3) is 0.273. The van der Waals surface area contributed by atoms with Crippen LogP contribution in [0.4, 0.5) is 0 Å². The maximum Gasteiger partial charge on any atom is 0.118 e. The Morgan fingerprint density at radius 2 is 2.07 bits per heavy atom. The Morgan fingerprint density at radius 3 is 2.73 bits per heavy atom. The van der Waals surface area contributed by atoms with Crippen molar-refractivity contribution in [1.82, 2.24) is 15.0 Å². The van der Waals surface area contributed by atoms with Crippen molar-refractivity contribution in [2.45, 2.75) is 12.8 Å². The van der Waals surface area contributed by atoms with Crippen LogP contribution in [0.1, 0.15) is 11.3 Å². The Balaban J connectivity index is 2.02. The second-order valence-corrected chi connectivity index (χ2v) is 3.51. The predicted molar refractivity (Wildman–Crippen MR) is 56.5 cm³/mol. The van der Waals surface area contributed by atoms with Gasteiger partial charge in [0, 0.05) is 13.2 Å². The molecule has 4 heteroatoms. The first-order valence-corrected chi connectivity index (χ1v) is 4.88. The predicted octanol–water partition coefficient (Wildman–Crippen LogP) is 1.31. The summed E-state index contributed by atoms with van der Waals surface area (Å²) in [5, 5.41) is 17.4. The van der Waals surface area contributed by atoms with E-state index in [1.54, 1.807) is 10.7 Å². The normalized spacial score (nSPS) is 10.5. The van der Waals surface area contributed by atoms with Gasteiger partial charge in [0.1, 0.15) is 5.75 Å². The van der Waals surface area contributed by atoms with E-state index in [2.05, 4.69) is 10.3 Å². The first-order chi connectivity index (χ1) is 7.25. The first-order valence-electron chi connectivity index (χ1n) is 4.88. The summed E-state index contributed by atoms with van der Waals surface area (Å²) in [6.07, 6.45) is 3.47. The van der Waals surface area contributed by atoms with E-state index in [1.165, 1.54) is 0 Å². The van der Waals surface area contributed by atoms with Crippen LogP contribution in [0, 0.1) is 0 Å². The third-order valence-corrected chi connectivity index (χ3v) is 2.29. The Kier molecular flexibility index (Phi) is 2.67. The third-order valence-electron chi connectivity index (χ3n) is 2.29. The number of aromatic nitrogens is 3. The summed E-state index contributed by atoms with van der Waals surface area (Å²) in [6.45, 7) is 0. The van der Waals surface area contributed by atoms with Crippen molar-refractivity contribution in [2.75, 3.05) is 0 Å². The second-order valence-electron chi connectivity index (χ2n) is 3.51. The van der Waals surface area contributed by atoms with Crippen molar-refractivity contribution in [3.63, 3.8) is 0 Å². The van der Waals surface area contributed by atoms with E-state index in [0.717, 1.165) is 24.1 Å². The monoisotopic (exact) mass is 203 g/mol. The number of rotatable bonds is 3. The number of aromatic hydroxyl groups is 1. The van der Waals surface area contributed by atoms with Gasteiger partial charge >= 0.3 is 0 Å². The molecule has 78 valence electrons. The molecule has 0 fully saturated rings. The van der Waals surface area contributed by atoms with Gasteiger partial charge in [-0.1, -0.05) is 23.4 Å². The maximum absolute atomic E-state index is 9.55. The van der Waals surface area contributed by atoms with Crippen molar-refractivity contribution < 1.29 is 5.11 Å².